The van der Waals surface area contributed by atoms with E-state index in [0.29, 0.717) is 5.56 Å². The summed E-state index contributed by atoms with van der Waals surface area (Å²) >= 11 is 0. The molecule has 5 N–H and O–H groups in total. The Hall–Kier alpha value is -2.28. The molecule has 1 heterocycles. The number of aromatic hydroxyl groups is 2. The number of benzene rings is 1. The number of carboxylic acid groups (broad SMARTS) is 2. The van der Waals surface area contributed by atoms with Crippen LogP contribution in [0.25, 0.3) is 0 Å². The van der Waals surface area contributed by atoms with Crippen molar-refractivity contribution in [1.82, 2.24) is 5.32 Å². The number of carbonyl (C=O) groups is 2. The van der Waals surface area contributed by atoms with E-state index < -0.39 is 35.0 Å². The van der Waals surface area contributed by atoms with E-state index in [1.807, 2.05) is 0 Å². The van der Waals surface area contributed by atoms with Gasteiger partial charge in [0.05, 0.1) is 0 Å². The maximum atomic E-state index is 11.4. The highest BCUT2D eigenvalue weighted by atomic mass is 16.4. The summed E-state index contributed by atoms with van der Waals surface area (Å²) in [5.41, 5.74) is -1.01. The second-order valence-corrected chi connectivity index (χ2v) is 4.67. The molecule has 0 fully saturated rings. The van der Waals surface area contributed by atoms with Crippen molar-refractivity contribution in [1.29, 1.82) is 0 Å². The molecule has 0 unspecified atom stereocenters. The van der Waals surface area contributed by atoms with E-state index in [2.05, 4.69) is 5.32 Å². The SMILES string of the molecule is C[C@]1(C(=O)O)N[C@H](C(=O)O)Cc2cc(O)c(O)cc21. The molecular weight excluding hydrogens is 254 g/mol. The Morgan fingerprint density at radius 3 is 2.37 bits per heavy atom. The zero-order valence-electron chi connectivity index (χ0n) is 10.0. The molecule has 1 aliphatic heterocycles. The molecular formula is C12H13NO6. The minimum Gasteiger partial charge on any atom is -0.504 e. The molecule has 0 saturated heterocycles. The van der Waals surface area contributed by atoms with Crippen LogP contribution < -0.4 is 5.32 Å². The summed E-state index contributed by atoms with van der Waals surface area (Å²) < 4.78 is 0. The van der Waals surface area contributed by atoms with E-state index in [1.54, 1.807) is 0 Å². The lowest BCUT2D eigenvalue weighted by molar-refractivity contribution is -0.147. The second-order valence-electron chi connectivity index (χ2n) is 4.67. The molecule has 7 nitrogen and oxygen atoms in total. The lowest BCUT2D eigenvalue weighted by Gasteiger charge is -2.36. The fourth-order valence-corrected chi connectivity index (χ4v) is 2.28. The smallest absolute Gasteiger partial charge is 0.328 e. The first-order valence-corrected chi connectivity index (χ1v) is 5.55. The third-order valence-electron chi connectivity index (χ3n) is 3.35. The van der Waals surface area contributed by atoms with Crippen LogP contribution in [0.15, 0.2) is 12.1 Å². The predicted octanol–water partition coefficient (Wildman–Crippen LogP) is -0.00350. The van der Waals surface area contributed by atoms with E-state index in [1.165, 1.54) is 13.0 Å². The molecule has 2 atom stereocenters. The monoisotopic (exact) mass is 267 g/mol. The molecule has 0 aliphatic carbocycles. The zero-order valence-corrected chi connectivity index (χ0v) is 10.0. The third kappa shape index (κ3) is 1.97. The van der Waals surface area contributed by atoms with Gasteiger partial charge in [0.1, 0.15) is 11.6 Å². The average Bonchev–Trinajstić information content (AvgIpc) is 2.31. The van der Waals surface area contributed by atoms with Crippen molar-refractivity contribution < 1.29 is 30.0 Å². The summed E-state index contributed by atoms with van der Waals surface area (Å²) in [6, 6.07) is 1.27. The lowest BCUT2D eigenvalue weighted by atomic mass is 9.80. The fraction of sp³-hybridized carbons (Fsp3) is 0.333. The van der Waals surface area contributed by atoms with Gasteiger partial charge in [-0.2, -0.15) is 0 Å². The van der Waals surface area contributed by atoms with E-state index in [9.17, 15) is 24.9 Å². The minimum absolute atomic E-state index is 0.0291. The van der Waals surface area contributed by atoms with Gasteiger partial charge < -0.3 is 20.4 Å². The fourth-order valence-electron chi connectivity index (χ4n) is 2.28. The van der Waals surface area contributed by atoms with E-state index in [-0.39, 0.29) is 12.0 Å². The van der Waals surface area contributed by atoms with Crippen molar-refractivity contribution in [2.24, 2.45) is 0 Å². The Morgan fingerprint density at radius 1 is 1.26 bits per heavy atom. The normalized spacial score (nSPS) is 25.6. The average molecular weight is 267 g/mol. The highest BCUT2D eigenvalue weighted by molar-refractivity contribution is 5.84. The molecule has 0 spiro atoms. The predicted molar refractivity (Wildman–Crippen MR) is 63.0 cm³/mol. The van der Waals surface area contributed by atoms with Gasteiger partial charge in [0, 0.05) is 0 Å². The van der Waals surface area contributed by atoms with Crippen LogP contribution in [0.1, 0.15) is 18.1 Å². The highest BCUT2D eigenvalue weighted by Crippen LogP contribution is 2.37. The van der Waals surface area contributed by atoms with Gasteiger partial charge in [-0.1, -0.05) is 0 Å². The Kier molecular flexibility index (Phi) is 2.86. The van der Waals surface area contributed by atoms with Crippen LogP contribution in [0.4, 0.5) is 0 Å². The molecule has 19 heavy (non-hydrogen) atoms. The Morgan fingerprint density at radius 2 is 1.84 bits per heavy atom. The molecule has 0 saturated carbocycles. The molecule has 0 bridgehead atoms. The second kappa shape index (κ2) is 4.13. The Labute approximate surface area is 108 Å². The maximum Gasteiger partial charge on any atom is 0.328 e. The molecule has 1 aromatic carbocycles. The van der Waals surface area contributed by atoms with Crippen LogP contribution >= 0.6 is 0 Å². The van der Waals surface area contributed by atoms with Crippen molar-refractivity contribution in [2.45, 2.75) is 24.9 Å². The first-order valence-electron chi connectivity index (χ1n) is 5.55. The Balaban J connectivity index is 2.63. The van der Waals surface area contributed by atoms with Gasteiger partial charge in [-0.3, -0.25) is 10.1 Å². The minimum atomic E-state index is -1.64. The van der Waals surface area contributed by atoms with Crippen LogP contribution in [0.5, 0.6) is 11.5 Å². The number of hydrogen-bond acceptors (Lipinski definition) is 5. The van der Waals surface area contributed by atoms with Gasteiger partial charge in [-0.25, -0.2) is 4.79 Å². The molecule has 1 aliphatic rings. The van der Waals surface area contributed by atoms with Crippen molar-refractivity contribution in [3.05, 3.63) is 23.3 Å². The quantitative estimate of drug-likeness (QED) is 0.477. The van der Waals surface area contributed by atoms with Gasteiger partial charge >= 0.3 is 11.9 Å². The number of fused-ring (bicyclic) bond motifs is 1. The van der Waals surface area contributed by atoms with Crippen LogP contribution in [0.2, 0.25) is 0 Å². The topological polar surface area (TPSA) is 127 Å². The van der Waals surface area contributed by atoms with Gasteiger partial charge in [0.15, 0.2) is 11.5 Å². The number of aliphatic carboxylic acids is 2. The molecule has 0 aromatic heterocycles. The summed E-state index contributed by atoms with van der Waals surface area (Å²) in [6.07, 6.45) is 0.0291. The lowest BCUT2D eigenvalue weighted by Crippen LogP contribution is -2.58. The van der Waals surface area contributed by atoms with Gasteiger partial charge in [0.25, 0.3) is 0 Å². The zero-order chi connectivity index (χ0) is 14.4. The molecule has 102 valence electrons. The number of carboxylic acids is 2. The van der Waals surface area contributed by atoms with Gasteiger partial charge in [-0.05, 0) is 36.6 Å². The summed E-state index contributed by atoms with van der Waals surface area (Å²) in [5.74, 6) is -3.28. The first-order chi connectivity index (χ1) is 8.75. The van der Waals surface area contributed by atoms with Crippen LogP contribution in [-0.2, 0) is 21.5 Å². The number of nitrogens with one attached hydrogen (secondary N) is 1. The summed E-state index contributed by atoms with van der Waals surface area (Å²) in [6.45, 7) is 1.32. The maximum absolute atomic E-state index is 11.4. The number of phenols is 2. The largest absolute Gasteiger partial charge is 0.504 e. The van der Waals surface area contributed by atoms with Crippen LogP contribution in [0, 0.1) is 0 Å². The van der Waals surface area contributed by atoms with Crippen molar-refractivity contribution in [3.63, 3.8) is 0 Å². The highest BCUT2D eigenvalue weighted by Gasteiger charge is 2.44. The Bertz CT molecular complexity index is 570. The van der Waals surface area contributed by atoms with E-state index in [0.717, 1.165) is 6.07 Å². The molecule has 0 radical (unpaired) electrons. The van der Waals surface area contributed by atoms with E-state index >= 15 is 0 Å². The number of rotatable bonds is 2. The standard InChI is InChI=1S/C12H13NO6/c1-12(11(18)19)6-4-9(15)8(14)3-5(6)2-7(13-12)10(16)17/h3-4,7,13-15H,2H2,1H3,(H,16,17)(H,18,19)/t7-,12-/m0/s1. The van der Waals surface area contributed by atoms with Crippen molar-refractivity contribution >= 4 is 11.9 Å². The summed E-state index contributed by atoms with van der Waals surface area (Å²) in [7, 11) is 0. The molecule has 1 aromatic rings. The van der Waals surface area contributed by atoms with Gasteiger partial charge in [-0.15, -0.1) is 0 Å². The summed E-state index contributed by atoms with van der Waals surface area (Å²) in [5, 5.41) is 39.8. The first kappa shape index (κ1) is 13.2. The van der Waals surface area contributed by atoms with Crippen LogP contribution in [-0.4, -0.2) is 38.4 Å². The number of hydrogen-bond donors (Lipinski definition) is 5. The molecule has 7 heteroatoms. The van der Waals surface area contributed by atoms with E-state index in [4.69, 9.17) is 5.11 Å². The van der Waals surface area contributed by atoms with Crippen LogP contribution in [0.3, 0.4) is 0 Å². The third-order valence-corrected chi connectivity index (χ3v) is 3.35. The molecule has 0 amide bonds. The van der Waals surface area contributed by atoms with Crippen molar-refractivity contribution in [3.8, 4) is 11.5 Å². The van der Waals surface area contributed by atoms with Crippen molar-refractivity contribution in [2.75, 3.05) is 0 Å². The molecule has 2 rings (SSSR count). The van der Waals surface area contributed by atoms with Gasteiger partial charge in [0.2, 0.25) is 0 Å². The summed E-state index contributed by atoms with van der Waals surface area (Å²) in [4.78, 5) is 22.5. The number of phenolic OH excluding ortho intramolecular Hbond substituents is 2.